The fraction of sp³-hybridized carbons (Fsp3) is 0.579. The third-order valence-electron chi connectivity index (χ3n) is 5.29. The van der Waals surface area contributed by atoms with Crippen LogP contribution in [0.25, 0.3) is 0 Å². The van der Waals surface area contributed by atoms with Crippen molar-refractivity contribution in [2.75, 3.05) is 40.3 Å². The zero-order valence-electron chi connectivity index (χ0n) is 15.2. The Morgan fingerprint density at radius 3 is 2.68 bits per heavy atom. The summed E-state index contributed by atoms with van der Waals surface area (Å²) in [7, 11) is 4.10. The number of carbonyl (C=O) groups excluding carboxylic acids is 2. The summed E-state index contributed by atoms with van der Waals surface area (Å²) in [6, 6.07) is 8.48. The van der Waals surface area contributed by atoms with Crippen molar-refractivity contribution in [1.29, 1.82) is 0 Å². The van der Waals surface area contributed by atoms with Gasteiger partial charge in [0.05, 0.1) is 6.54 Å². The van der Waals surface area contributed by atoms with Gasteiger partial charge in [0.15, 0.2) is 0 Å². The highest BCUT2D eigenvalue weighted by molar-refractivity contribution is 5.84. The maximum absolute atomic E-state index is 12.4. The maximum Gasteiger partial charge on any atom is 0.318 e. The molecule has 2 heterocycles. The van der Waals surface area contributed by atoms with E-state index in [1.165, 1.54) is 11.1 Å². The van der Waals surface area contributed by atoms with Crippen LogP contribution < -0.4 is 5.32 Å². The first-order valence-electron chi connectivity index (χ1n) is 9.08. The second kappa shape index (κ2) is 7.87. The van der Waals surface area contributed by atoms with E-state index in [1.54, 1.807) is 4.90 Å². The van der Waals surface area contributed by atoms with Crippen molar-refractivity contribution in [3.63, 3.8) is 0 Å². The molecule has 2 aliphatic rings. The van der Waals surface area contributed by atoms with E-state index in [9.17, 15) is 9.59 Å². The number of hydrogen-bond acceptors (Lipinski definition) is 3. The van der Waals surface area contributed by atoms with Gasteiger partial charge in [-0.15, -0.1) is 0 Å². The Balaban J connectivity index is 1.48. The molecule has 2 aliphatic heterocycles. The molecule has 1 N–H and O–H groups in total. The van der Waals surface area contributed by atoms with Gasteiger partial charge < -0.3 is 20.0 Å². The number of likely N-dealkylation sites (tertiary alicyclic amines) is 1. The Hall–Kier alpha value is -2.08. The van der Waals surface area contributed by atoms with E-state index >= 15 is 0 Å². The van der Waals surface area contributed by atoms with Crippen LogP contribution in [0.2, 0.25) is 0 Å². The van der Waals surface area contributed by atoms with Crippen LogP contribution >= 0.6 is 0 Å². The number of nitrogens with zero attached hydrogens (tertiary/aromatic N) is 3. The highest BCUT2D eigenvalue weighted by Gasteiger charge is 2.26. The van der Waals surface area contributed by atoms with Gasteiger partial charge in [-0.2, -0.15) is 0 Å². The van der Waals surface area contributed by atoms with Crippen LogP contribution in [0.4, 0.5) is 4.79 Å². The summed E-state index contributed by atoms with van der Waals surface area (Å²) in [5.74, 6) is 0.0114. The molecule has 6 nitrogen and oxygen atoms in total. The van der Waals surface area contributed by atoms with Gasteiger partial charge in [0, 0.05) is 32.2 Å². The SMILES string of the molecule is CN(C)C1CCCN(C(=O)CNC(=O)N2CCc3ccccc3C2)C1. The molecule has 1 unspecified atom stereocenters. The van der Waals surface area contributed by atoms with Crippen LogP contribution in [-0.2, 0) is 17.8 Å². The number of benzene rings is 1. The molecule has 6 heteroatoms. The van der Waals surface area contributed by atoms with Crippen molar-refractivity contribution in [2.45, 2.75) is 31.8 Å². The van der Waals surface area contributed by atoms with E-state index in [0.29, 0.717) is 19.1 Å². The molecule has 1 fully saturated rings. The minimum atomic E-state index is -0.149. The van der Waals surface area contributed by atoms with E-state index < -0.39 is 0 Å². The highest BCUT2D eigenvalue weighted by Crippen LogP contribution is 2.18. The van der Waals surface area contributed by atoms with Gasteiger partial charge in [0.1, 0.15) is 0 Å². The predicted octanol–water partition coefficient (Wildman–Crippen LogP) is 1.31. The molecule has 3 amide bonds. The molecule has 1 aromatic rings. The second-order valence-corrected chi connectivity index (χ2v) is 7.20. The second-order valence-electron chi connectivity index (χ2n) is 7.20. The van der Waals surface area contributed by atoms with E-state index in [-0.39, 0.29) is 18.5 Å². The smallest absolute Gasteiger partial charge is 0.318 e. The molecule has 1 aromatic carbocycles. The Morgan fingerprint density at radius 1 is 1.16 bits per heavy atom. The molecule has 0 radical (unpaired) electrons. The zero-order chi connectivity index (χ0) is 17.8. The topological polar surface area (TPSA) is 55.9 Å². The van der Waals surface area contributed by atoms with Crippen LogP contribution in [-0.4, -0.2) is 73.0 Å². The molecule has 0 saturated carbocycles. The standard InChI is InChI=1S/C19H28N4O2/c1-21(2)17-8-5-10-22(14-17)18(24)12-20-19(25)23-11-9-15-6-3-4-7-16(15)13-23/h3-4,6-7,17H,5,8-14H2,1-2H3,(H,20,25). The number of amides is 3. The number of rotatable bonds is 3. The Bertz CT molecular complexity index is 632. The molecule has 25 heavy (non-hydrogen) atoms. The van der Waals surface area contributed by atoms with Gasteiger partial charge in [0.25, 0.3) is 0 Å². The summed E-state index contributed by atoms with van der Waals surface area (Å²) in [4.78, 5) is 30.7. The maximum atomic E-state index is 12.4. The first kappa shape index (κ1) is 17.7. The molecule has 3 rings (SSSR count). The predicted molar refractivity (Wildman–Crippen MR) is 97.2 cm³/mol. The molecule has 1 saturated heterocycles. The lowest BCUT2D eigenvalue weighted by molar-refractivity contribution is -0.132. The lowest BCUT2D eigenvalue weighted by Crippen LogP contribution is -2.51. The summed E-state index contributed by atoms with van der Waals surface area (Å²) in [5, 5.41) is 2.81. The summed E-state index contributed by atoms with van der Waals surface area (Å²) in [5.41, 5.74) is 2.51. The van der Waals surface area contributed by atoms with E-state index in [1.807, 2.05) is 17.0 Å². The van der Waals surface area contributed by atoms with Gasteiger partial charge >= 0.3 is 6.03 Å². The summed E-state index contributed by atoms with van der Waals surface area (Å²) >= 11 is 0. The third kappa shape index (κ3) is 4.31. The van der Waals surface area contributed by atoms with Crippen molar-refractivity contribution < 1.29 is 9.59 Å². The van der Waals surface area contributed by atoms with Gasteiger partial charge in [-0.05, 0) is 44.5 Å². The summed E-state index contributed by atoms with van der Waals surface area (Å²) in [6.07, 6.45) is 3.01. The molecule has 136 valence electrons. The number of nitrogens with one attached hydrogen (secondary N) is 1. The molecule has 1 atom stereocenters. The van der Waals surface area contributed by atoms with Crippen LogP contribution in [0.3, 0.4) is 0 Å². The number of urea groups is 1. The molecule has 0 bridgehead atoms. The van der Waals surface area contributed by atoms with Gasteiger partial charge in [-0.3, -0.25) is 4.79 Å². The number of carbonyl (C=O) groups is 2. The van der Waals surface area contributed by atoms with Crippen molar-refractivity contribution >= 4 is 11.9 Å². The number of hydrogen-bond donors (Lipinski definition) is 1. The van der Waals surface area contributed by atoms with Crippen LogP contribution in [0, 0.1) is 0 Å². The fourth-order valence-electron chi connectivity index (χ4n) is 3.65. The van der Waals surface area contributed by atoms with Crippen LogP contribution in [0.5, 0.6) is 0 Å². The average molecular weight is 344 g/mol. The van der Waals surface area contributed by atoms with E-state index in [4.69, 9.17) is 0 Å². The zero-order valence-corrected chi connectivity index (χ0v) is 15.2. The first-order chi connectivity index (χ1) is 12.0. The van der Waals surface area contributed by atoms with Crippen molar-refractivity contribution in [1.82, 2.24) is 20.0 Å². The minimum absolute atomic E-state index is 0.0114. The quantitative estimate of drug-likeness (QED) is 0.899. The van der Waals surface area contributed by atoms with Crippen molar-refractivity contribution in [2.24, 2.45) is 0 Å². The Labute approximate surface area is 149 Å². The minimum Gasteiger partial charge on any atom is -0.340 e. The molecular formula is C19H28N4O2. The molecular weight excluding hydrogens is 316 g/mol. The van der Waals surface area contributed by atoms with Gasteiger partial charge in [-0.1, -0.05) is 24.3 Å². The van der Waals surface area contributed by atoms with Gasteiger partial charge in [0.2, 0.25) is 5.91 Å². The third-order valence-corrected chi connectivity index (χ3v) is 5.29. The van der Waals surface area contributed by atoms with E-state index in [2.05, 4.69) is 36.4 Å². The molecule has 0 aliphatic carbocycles. The van der Waals surface area contributed by atoms with Crippen LogP contribution in [0.15, 0.2) is 24.3 Å². The molecule has 0 spiro atoms. The molecule has 0 aromatic heterocycles. The average Bonchev–Trinajstić information content (AvgIpc) is 2.65. The summed E-state index contributed by atoms with van der Waals surface area (Å²) < 4.78 is 0. The first-order valence-corrected chi connectivity index (χ1v) is 9.08. The number of piperidine rings is 1. The van der Waals surface area contributed by atoms with Crippen LogP contribution in [0.1, 0.15) is 24.0 Å². The highest BCUT2D eigenvalue weighted by atomic mass is 16.2. The Morgan fingerprint density at radius 2 is 1.92 bits per heavy atom. The monoisotopic (exact) mass is 344 g/mol. The normalized spacial score (nSPS) is 20.4. The lowest BCUT2D eigenvalue weighted by atomic mass is 10.0. The lowest BCUT2D eigenvalue weighted by Gasteiger charge is -2.36. The van der Waals surface area contributed by atoms with Crippen molar-refractivity contribution in [3.8, 4) is 0 Å². The van der Waals surface area contributed by atoms with E-state index in [0.717, 1.165) is 32.4 Å². The largest absolute Gasteiger partial charge is 0.340 e. The number of fused-ring (bicyclic) bond motifs is 1. The fourth-order valence-corrected chi connectivity index (χ4v) is 3.65. The number of likely N-dealkylation sites (N-methyl/N-ethyl adjacent to an activating group) is 1. The van der Waals surface area contributed by atoms with Crippen molar-refractivity contribution in [3.05, 3.63) is 35.4 Å². The van der Waals surface area contributed by atoms with Gasteiger partial charge in [-0.25, -0.2) is 4.79 Å². The Kier molecular flexibility index (Phi) is 5.58. The summed E-state index contributed by atoms with van der Waals surface area (Å²) in [6.45, 7) is 2.93.